The standard InChI is InChI=1S/C21H20N8O3/c1-12-17(21(32)29(27(12)2)14-6-4-3-5-7-14)20(31)26-13-8-9-16(24-10-13)28-18(22)15(11-25-28)19(23)30/h3-11H,22H2,1-2H3,(H2,23,30)(H,26,31). The normalized spacial score (nSPS) is 10.8. The molecule has 0 radical (unpaired) electrons. The van der Waals surface area contributed by atoms with E-state index in [4.69, 9.17) is 11.5 Å². The molecule has 0 unspecified atom stereocenters. The Kier molecular flexibility index (Phi) is 5.07. The topological polar surface area (TPSA) is 156 Å². The van der Waals surface area contributed by atoms with E-state index in [-0.39, 0.29) is 16.9 Å². The van der Waals surface area contributed by atoms with Crippen LogP contribution in [0.25, 0.3) is 11.5 Å². The number of primary amides is 1. The van der Waals surface area contributed by atoms with Gasteiger partial charge in [0, 0.05) is 7.05 Å². The van der Waals surface area contributed by atoms with Gasteiger partial charge >= 0.3 is 0 Å². The Labute approximate surface area is 181 Å². The zero-order valence-corrected chi connectivity index (χ0v) is 17.3. The molecule has 2 amide bonds. The van der Waals surface area contributed by atoms with Crippen molar-refractivity contribution in [2.24, 2.45) is 12.8 Å². The number of nitrogen functional groups attached to an aromatic ring is 1. The van der Waals surface area contributed by atoms with Gasteiger partial charge in [0.2, 0.25) is 0 Å². The van der Waals surface area contributed by atoms with E-state index < -0.39 is 17.4 Å². The van der Waals surface area contributed by atoms with Crippen molar-refractivity contribution in [1.82, 2.24) is 24.1 Å². The Hall–Kier alpha value is -4.67. The van der Waals surface area contributed by atoms with Gasteiger partial charge in [0.05, 0.1) is 29.5 Å². The first-order valence-corrected chi connectivity index (χ1v) is 9.54. The first-order chi connectivity index (χ1) is 15.3. The zero-order chi connectivity index (χ0) is 23.0. The van der Waals surface area contributed by atoms with E-state index in [1.54, 1.807) is 42.9 Å². The minimum Gasteiger partial charge on any atom is -0.383 e. The lowest BCUT2D eigenvalue weighted by molar-refractivity contribution is 0.0998. The van der Waals surface area contributed by atoms with Gasteiger partial charge in [-0.25, -0.2) is 9.67 Å². The number of hydrogen-bond acceptors (Lipinski definition) is 6. The lowest BCUT2D eigenvalue weighted by Crippen LogP contribution is -2.25. The van der Waals surface area contributed by atoms with E-state index >= 15 is 0 Å². The summed E-state index contributed by atoms with van der Waals surface area (Å²) in [4.78, 5) is 41.4. The van der Waals surface area contributed by atoms with E-state index in [1.165, 1.54) is 21.8 Å². The number of hydrogen-bond donors (Lipinski definition) is 3. The van der Waals surface area contributed by atoms with Crippen LogP contribution in [-0.2, 0) is 7.05 Å². The molecule has 0 saturated carbocycles. The smallest absolute Gasteiger partial charge is 0.284 e. The average molecular weight is 432 g/mol. The highest BCUT2D eigenvalue weighted by molar-refractivity contribution is 6.04. The van der Waals surface area contributed by atoms with Crippen LogP contribution in [0.4, 0.5) is 11.5 Å². The number of nitrogens with one attached hydrogen (secondary N) is 1. The van der Waals surface area contributed by atoms with Gasteiger partial charge in [0.25, 0.3) is 17.4 Å². The van der Waals surface area contributed by atoms with Crippen LogP contribution in [0.3, 0.4) is 0 Å². The van der Waals surface area contributed by atoms with E-state index in [1.807, 2.05) is 18.2 Å². The van der Waals surface area contributed by atoms with Crippen LogP contribution in [-0.4, -0.2) is 35.9 Å². The maximum atomic E-state index is 13.0. The second-order valence-corrected chi connectivity index (χ2v) is 7.02. The Bertz CT molecular complexity index is 1380. The Morgan fingerprint density at radius 2 is 1.78 bits per heavy atom. The van der Waals surface area contributed by atoms with Crippen molar-refractivity contribution in [3.05, 3.63) is 82.0 Å². The fourth-order valence-corrected chi connectivity index (χ4v) is 3.34. The summed E-state index contributed by atoms with van der Waals surface area (Å²) in [5.74, 6) is -0.863. The maximum absolute atomic E-state index is 13.0. The highest BCUT2D eigenvalue weighted by Gasteiger charge is 2.22. The molecule has 3 aromatic heterocycles. The second kappa shape index (κ2) is 7.87. The summed E-state index contributed by atoms with van der Waals surface area (Å²) in [5, 5.41) is 6.69. The van der Waals surface area contributed by atoms with Crippen molar-refractivity contribution in [3.63, 3.8) is 0 Å². The van der Waals surface area contributed by atoms with Gasteiger partial charge in [-0.1, -0.05) is 18.2 Å². The van der Waals surface area contributed by atoms with Crippen LogP contribution in [0.5, 0.6) is 0 Å². The molecule has 4 rings (SSSR count). The summed E-state index contributed by atoms with van der Waals surface area (Å²) in [6.07, 6.45) is 2.65. The fourth-order valence-electron chi connectivity index (χ4n) is 3.34. The maximum Gasteiger partial charge on any atom is 0.284 e. The molecule has 5 N–H and O–H groups in total. The molecule has 3 heterocycles. The number of aromatic nitrogens is 5. The number of carbonyl (C=O) groups excluding carboxylic acids is 2. The molecule has 162 valence electrons. The lowest BCUT2D eigenvalue weighted by Gasteiger charge is -2.07. The van der Waals surface area contributed by atoms with E-state index in [0.717, 1.165) is 0 Å². The van der Waals surface area contributed by atoms with Crippen LogP contribution < -0.4 is 22.3 Å². The largest absolute Gasteiger partial charge is 0.383 e. The van der Waals surface area contributed by atoms with Crippen LogP contribution in [0.15, 0.2) is 59.7 Å². The molecule has 0 aliphatic carbocycles. The molecule has 11 heteroatoms. The molecule has 0 saturated heterocycles. The number of amides is 2. The number of nitrogens with two attached hydrogens (primary N) is 2. The highest BCUT2D eigenvalue weighted by Crippen LogP contribution is 2.17. The molecule has 0 atom stereocenters. The van der Waals surface area contributed by atoms with Gasteiger partial charge in [-0.15, -0.1) is 0 Å². The van der Waals surface area contributed by atoms with Gasteiger partial charge in [0.1, 0.15) is 16.9 Å². The van der Waals surface area contributed by atoms with Crippen LogP contribution in [0.1, 0.15) is 26.4 Å². The van der Waals surface area contributed by atoms with Crippen LogP contribution >= 0.6 is 0 Å². The molecule has 0 fully saturated rings. The Morgan fingerprint density at radius 1 is 1.06 bits per heavy atom. The fraction of sp³-hybridized carbons (Fsp3) is 0.0952. The third-order valence-corrected chi connectivity index (χ3v) is 5.08. The van der Waals surface area contributed by atoms with E-state index in [0.29, 0.717) is 22.9 Å². The monoisotopic (exact) mass is 432 g/mol. The predicted molar refractivity (Wildman–Crippen MR) is 118 cm³/mol. The number of rotatable bonds is 5. The zero-order valence-electron chi connectivity index (χ0n) is 17.3. The molecule has 0 aliphatic heterocycles. The summed E-state index contributed by atoms with van der Waals surface area (Å²) >= 11 is 0. The summed E-state index contributed by atoms with van der Waals surface area (Å²) < 4.78 is 4.32. The molecular weight excluding hydrogens is 412 g/mol. The minimum absolute atomic E-state index is 0.0304. The summed E-state index contributed by atoms with van der Waals surface area (Å²) in [6, 6.07) is 12.2. The molecule has 32 heavy (non-hydrogen) atoms. The predicted octanol–water partition coefficient (Wildman–Crippen LogP) is 0.999. The number of carbonyl (C=O) groups is 2. The molecule has 0 bridgehead atoms. The average Bonchev–Trinajstić information content (AvgIpc) is 3.26. The SMILES string of the molecule is Cc1c(C(=O)Nc2ccc(-n3ncc(C(N)=O)c3N)nc2)c(=O)n(-c2ccccc2)n1C. The van der Waals surface area contributed by atoms with Crippen molar-refractivity contribution >= 4 is 23.3 Å². The minimum atomic E-state index is -0.697. The van der Waals surface area contributed by atoms with E-state index in [9.17, 15) is 14.4 Å². The Balaban J connectivity index is 1.60. The molecule has 4 aromatic rings. The van der Waals surface area contributed by atoms with Crippen molar-refractivity contribution in [3.8, 4) is 11.5 Å². The van der Waals surface area contributed by atoms with Crippen molar-refractivity contribution in [2.75, 3.05) is 11.1 Å². The second-order valence-electron chi connectivity index (χ2n) is 7.02. The number of benzene rings is 1. The van der Waals surface area contributed by atoms with Crippen LogP contribution in [0.2, 0.25) is 0 Å². The summed E-state index contributed by atoms with van der Waals surface area (Å²) in [7, 11) is 1.71. The third-order valence-electron chi connectivity index (χ3n) is 5.08. The van der Waals surface area contributed by atoms with Gasteiger partial charge in [-0.05, 0) is 31.2 Å². The first kappa shape index (κ1) is 20.6. The van der Waals surface area contributed by atoms with Crippen molar-refractivity contribution < 1.29 is 9.59 Å². The first-order valence-electron chi connectivity index (χ1n) is 9.54. The van der Waals surface area contributed by atoms with Gasteiger partial charge in [-0.3, -0.25) is 19.1 Å². The number of anilines is 2. The molecule has 11 nitrogen and oxygen atoms in total. The van der Waals surface area contributed by atoms with Crippen molar-refractivity contribution in [1.29, 1.82) is 0 Å². The van der Waals surface area contributed by atoms with Gasteiger partial charge in [0.15, 0.2) is 5.82 Å². The van der Waals surface area contributed by atoms with Crippen molar-refractivity contribution in [2.45, 2.75) is 6.92 Å². The Morgan fingerprint density at radius 3 is 2.38 bits per heavy atom. The number of para-hydroxylation sites is 1. The highest BCUT2D eigenvalue weighted by atomic mass is 16.2. The molecule has 1 aromatic carbocycles. The van der Waals surface area contributed by atoms with Gasteiger partial charge < -0.3 is 16.8 Å². The van der Waals surface area contributed by atoms with Crippen LogP contribution in [0, 0.1) is 6.92 Å². The number of pyridine rings is 1. The number of nitrogens with zero attached hydrogens (tertiary/aromatic N) is 5. The lowest BCUT2D eigenvalue weighted by atomic mass is 10.2. The molecule has 0 aliphatic rings. The van der Waals surface area contributed by atoms with E-state index in [2.05, 4.69) is 15.4 Å². The molecule has 0 spiro atoms. The third kappa shape index (κ3) is 3.41. The summed E-state index contributed by atoms with van der Waals surface area (Å²) in [5.41, 5.74) is 12.3. The molecular formula is C21H20N8O3. The summed E-state index contributed by atoms with van der Waals surface area (Å²) in [6.45, 7) is 1.70. The van der Waals surface area contributed by atoms with Gasteiger partial charge in [-0.2, -0.15) is 9.78 Å². The quantitative estimate of drug-likeness (QED) is 0.427.